The molecule has 0 spiro atoms. The standard InChI is InChI=1S/C21H24N6O/c1-26-10-12-27(13-11-26)18-4-2-17(3-5-18)19-14-24-20(22)21(25-19)28-15-16-6-8-23-9-7-16/h2-9,14H,10-13,15H2,1H3,(H2,22,24). The van der Waals surface area contributed by atoms with Crippen molar-refractivity contribution in [1.29, 1.82) is 0 Å². The summed E-state index contributed by atoms with van der Waals surface area (Å²) in [5, 5.41) is 0. The van der Waals surface area contributed by atoms with Crippen molar-refractivity contribution in [2.75, 3.05) is 43.9 Å². The van der Waals surface area contributed by atoms with Crippen molar-refractivity contribution >= 4 is 11.5 Å². The van der Waals surface area contributed by atoms with Crippen molar-refractivity contribution in [1.82, 2.24) is 19.9 Å². The highest BCUT2D eigenvalue weighted by atomic mass is 16.5. The lowest BCUT2D eigenvalue weighted by Gasteiger charge is -2.34. The minimum Gasteiger partial charge on any atom is -0.470 e. The van der Waals surface area contributed by atoms with E-state index in [0.29, 0.717) is 12.5 Å². The van der Waals surface area contributed by atoms with E-state index in [9.17, 15) is 0 Å². The van der Waals surface area contributed by atoms with Crippen LogP contribution in [0.4, 0.5) is 11.5 Å². The van der Waals surface area contributed by atoms with Gasteiger partial charge in [-0.15, -0.1) is 0 Å². The van der Waals surface area contributed by atoms with Gasteiger partial charge >= 0.3 is 0 Å². The van der Waals surface area contributed by atoms with Crippen molar-refractivity contribution in [3.8, 4) is 17.1 Å². The Morgan fingerprint density at radius 2 is 1.71 bits per heavy atom. The summed E-state index contributed by atoms with van der Waals surface area (Å²) in [6.45, 7) is 4.63. The second-order valence-corrected chi connectivity index (χ2v) is 6.93. The second kappa shape index (κ2) is 8.22. The first-order valence-corrected chi connectivity index (χ1v) is 9.37. The third-order valence-corrected chi connectivity index (χ3v) is 4.92. The fourth-order valence-electron chi connectivity index (χ4n) is 3.17. The quantitative estimate of drug-likeness (QED) is 0.732. The number of hydrogen-bond acceptors (Lipinski definition) is 7. The number of nitrogens with zero attached hydrogens (tertiary/aromatic N) is 5. The van der Waals surface area contributed by atoms with Crippen LogP contribution in [0.1, 0.15) is 5.56 Å². The Morgan fingerprint density at radius 1 is 1.00 bits per heavy atom. The number of hydrogen-bond donors (Lipinski definition) is 1. The molecule has 7 heteroatoms. The number of piperazine rings is 1. The molecule has 0 bridgehead atoms. The van der Waals surface area contributed by atoms with Gasteiger partial charge in [0.2, 0.25) is 0 Å². The molecule has 0 saturated carbocycles. The molecule has 0 atom stereocenters. The summed E-state index contributed by atoms with van der Waals surface area (Å²) >= 11 is 0. The van der Waals surface area contributed by atoms with E-state index in [1.807, 2.05) is 12.1 Å². The van der Waals surface area contributed by atoms with Gasteiger partial charge in [0.1, 0.15) is 6.61 Å². The molecule has 4 rings (SSSR count). The van der Waals surface area contributed by atoms with Crippen LogP contribution in [0.15, 0.2) is 55.0 Å². The summed E-state index contributed by atoms with van der Waals surface area (Å²) in [6.07, 6.45) is 5.14. The maximum Gasteiger partial charge on any atom is 0.258 e. The van der Waals surface area contributed by atoms with E-state index in [4.69, 9.17) is 10.5 Å². The van der Waals surface area contributed by atoms with Gasteiger partial charge in [0.15, 0.2) is 5.82 Å². The molecule has 3 aromatic rings. The molecular weight excluding hydrogens is 352 g/mol. The third kappa shape index (κ3) is 4.20. The summed E-state index contributed by atoms with van der Waals surface area (Å²) < 4.78 is 5.77. The maximum absolute atomic E-state index is 5.94. The molecule has 1 fully saturated rings. The third-order valence-electron chi connectivity index (χ3n) is 4.92. The van der Waals surface area contributed by atoms with Gasteiger partial charge in [-0.25, -0.2) is 9.97 Å². The summed E-state index contributed by atoms with van der Waals surface area (Å²) in [6, 6.07) is 12.2. The van der Waals surface area contributed by atoms with Crippen LogP contribution in [0.3, 0.4) is 0 Å². The molecule has 28 heavy (non-hydrogen) atoms. The number of pyridine rings is 1. The molecule has 0 unspecified atom stereocenters. The molecule has 2 aromatic heterocycles. The number of aromatic nitrogens is 3. The average Bonchev–Trinajstić information content (AvgIpc) is 2.75. The lowest BCUT2D eigenvalue weighted by molar-refractivity contribution is 0.295. The van der Waals surface area contributed by atoms with E-state index in [1.54, 1.807) is 18.6 Å². The molecule has 3 heterocycles. The smallest absolute Gasteiger partial charge is 0.258 e. The summed E-state index contributed by atoms with van der Waals surface area (Å²) in [4.78, 5) is 17.6. The Bertz CT molecular complexity index is 908. The van der Waals surface area contributed by atoms with Gasteiger partial charge in [0.25, 0.3) is 5.88 Å². The first-order valence-electron chi connectivity index (χ1n) is 9.37. The molecule has 2 N–H and O–H groups in total. The van der Waals surface area contributed by atoms with E-state index in [2.05, 4.69) is 56.1 Å². The number of likely N-dealkylation sites (N-methyl/N-ethyl adjacent to an activating group) is 1. The monoisotopic (exact) mass is 376 g/mol. The number of rotatable bonds is 5. The molecule has 1 saturated heterocycles. The molecule has 0 radical (unpaired) electrons. The van der Waals surface area contributed by atoms with E-state index < -0.39 is 0 Å². The zero-order chi connectivity index (χ0) is 19.3. The lowest BCUT2D eigenvalue weighted by Crippen LogP contribution is -2.44. The minimum atomic E-state index is 0.284. The SMILES string of the molecule is CN1CCN(c2ccc(-c3cnc(N)c(OCc4ccncc4)n3)cc2)CC1. The summed E-state index contributed by atoms with van der Waals surface area (Å²) in [7, 11) is 2.16. The molecular formula is C21H24N6O. The lowest BCUT2D eigenvalue weighted by atomic mass is 10.1. The predicted octanol–water partition coefficient (Wildman–Crippen LogP) is 2.45. The van der Waals surface area contributed by atoms with E-state index in [-0.39, 0.29) is 5.82 Å². The Balaban J connectivity index is 1.48. The number of benzene rings is 1. The van der Waals surface area contributed by atoms with Crippen LogP contribution in [-0.4, -0.2) is 53.1 Å². The van der Waals surface area contributed by atoms with Gasteiger partial charge in [-0.1, -0.05) is 12.1 Å². The molecule has 7 nitrogen and oxygen atoms in total. The van der Waals surface area contributed by atoms with Crippen molar-refractivity contribution < 1.29 is 4.74 Å². The zero-order valence-electron chi connectivity index (χ0n) is 16.0. The van der Waals surface area contributed by atoms with Gasteiger partial charge in [-0.3, -0.25) is 4.98 Å². The number of nitrogen functional groups attached to an aromatic ring is 1. The molecule has 0 amide bonds. The maximum atomic E-state index is 5.94. The normalized spacial score (nSPS) is 14.8. The Hall–Kier alpha value is -3.19. The van der Waals surface area contributed by atoms with Crippen LogP contribution in [0, 0.1) is 0 Å². The first kappa shape index (κ1) is 18.2. The van der Waals surface area contributed by atoms with Crippen LogP contribution >= 0.6 is 0 Å². The Labute approximate surface area is 164 Å². The highest BCUT2D eigenvalue weighted by molar-refractivity contribution is 5.64. The largest absolute Gasteiger partial charge is 0.470 e. The van der Waals surface area contributed by atoms with Crippen molar-refractivity contribution in [3.05, 3.63) is 60.6 Å². The van der Waals surface area contributed by atoms with Crippen molar-refractivity contribution in [2.24, 2.45) is 0 Å². The van der Waals surface area contributed by atoms with Crippen molar-refractivity contribution in [3.63, 3.8) is 0 Å². The van der Waals surface area contributed by atoms with Crippen LogP contribution in [0.25, 0.3) is 11.3 Å². The fraction of sp³-hybridized carbons (Fsp3) is 0.286. The van der Waals surface area contributed by atoms with Crippen LogP contribution in [0.2, 0.25) is 0 Å². The van der Waals surface area contributed by atoms with Gasteiger partial charge < -0.3 is 20.3 Å². The zero-order valence-corrected chi connectivity index (χ0v) is 16.0. The predicted molar refractivity (Wildman–Crippen MR) is 110 cm³/mol. The summed E-state index contributed by atoms with van der Waals surface area (Å²) in [5.74, 6) is 0.629. The van der Waals surface area contributed by atoms with Crippen LogP contribution < -0.4 is 15.4 Å². The van der Waals surface area contributed by atoms with Gasteiger partial charge in [0, 0.05) is 49.8 Å². The number of nitrogens with two attached hydrogens (primary N) is 1. The van der Waals surface area contributed by atoms with Gasteiger partial charge in [-0.05, 0) is 36.9 Å². The Kier molecular flexibility index (Phi) is 5.34. The first-order chi connectivity index (χ1) is 13.7. The molecule has 144 valence electrons. The van der Waals surface area contributed by atoms with Crippen LogP contribution in [0.5, 0.6) is 5.88 Å². The molecule has 1 aliphatic heterocycles. The Morgan fingerprint density at radius 3 is 2.43 bits per heavy atom. The van der Waals surface area contributed by atoms with E-state index in [1.165, 1.54) is 5.69 Å². The molecule has 1 aliphatic rings. The minimum absolute atomic E-state index is 0.284. The van der Waals surface area contributed by atoms with Crippen molar-refractivity contribution in [2.45, 2.75) is 6.61 Å². The highest BCUT2D eigenvalue weighted by Crippen LogP contribution is 2.26. The van der Waals surface area contributed by atoms with E-state index in [0.717, 1.165) is 43.0 Å². The molecule has 0 aliphatic carbocycles. The van der Waals surface area contributed by atoms with Gasteiger partial charge in [0.05, 0.1) is 11.9 Å². The number of anilines is 2. The van der Waals surface area contributed by atoms with Gasteiger partial charge in [-0.2, -0.15) is 0 Å². The van der Waals surface area contributed by atoms with Crippen LogP contribution in [-0.2, 0) is 6.61 Å². The topological polar surface area (TPSA) is 80.4 Å². The number of ether oxygens (including phenoxy) is 1. The summed E-state index contributed by atoms with van der Waals surface area (Å²) in [5.41, 5.74) is 9.90. The fourth-order valence-corrected chi connectivity index (χ4v) is 3.17. The average molecular weight is 376 g/mol. The molecule has 1 aromatic carbocycles. The van der Waals surface area contributed by atoms with E-state index >= 15 is 0 Å². The highest BCUT2D eigenvalue weighted by Gasteiger charge is 2.14. The second-order valence-electron chi connectivity index (χ2n) is 6.93.